The van der Waals surface area contributed by atoms with Gasteiger partial charge in [0.2, 0.25) is 0 Å². The molecule has 2 aliphatic carbocycles. The van der Waals surface area contributed by atoms with Crippen LogP contribution in [0.4, 0.5) is 34.1 Å². The maximum atomic E-state index is 2.52. The van der Waals surface area contributed by atoms with E-state index in [2.05, 4.69) is 287 Å². The second kappa shape index (κ2) is 16.0. The van der Waals surface area contributed by atoms with Crippen LogP contribution in [0.1, 0.15) is 22.3 Å². The highest BCUT2D eigenvalue weighted by molar-refractivity contribution is 6.11. The Kier molecular flexibility index (Phi) is 9.11. The number of benzene rings is 11. The number of rotatable bonds is 8. The van der Waals surface area contributed by atoms with Crippen molar-refractivity contribution < 1.29 is 0 Å². The molecule has 3 nitrogen and oxygen atoms in total. The minimum absolute atomic E-state index is 0.652. The Bertz CT molecular complexity index is 3900. The van der Waals surface area contributed by atoms with E-state index in [4.69, 9.17) is 0 Å². The molecule has 1 aromatic heterocycles. The molecule has 1 spiro atoms. The zero-order chi connectivity index (χ0) is 46.2. The number of nitrogens with zero attached hydrogens (tertiary/aromatic N) is 3. The molecule has 1 unspecified atom stereocenters. The summed E-state index contributed by atoms with van der Waals surface area (Å²) in [5.74, 6) is 0. The summed E-state index contributed by atoms with van der Waals surface area (Å²) < 4.78 is 2.42. The first-order valence-electron chi connectivity index (χ1n) is 24.2. The van der Waals surface area contributed by atoms with Crippen LogP contribution in [0.2, 0.25) is 0 Å². The van der Waals surface area contributed by atoms with Crippen molar-refractivity contribution in [1.82, 2.24) is 4.57 Å². The van der Waals surface area contributed by atoms with E-state index in [0.717, 1.165) is 56.5 Å². The second-order valence-electron chi connectivity index (χ2n) is 18.4. The average molecular weight is 892 g/mol. The van der Waals surface area contributed by atoms with Crippen LogP contribution >= 0.6 is 0 Å². The van der Waals surface area contributed by atoms with Gasteiger partial charge in [0.05, 0.1) is 27.8 Å². The van der Waals surface area contributed by atoms with E-state index in [1.54, 1.807) is 0 Å². The molecule has 11 aromatic carbocycles. The number of hydrogen-bond donors (Lipinski definition) is 0. The van der Waals surface area contributed by atoms with Gasteiger partial charge in [-0.3, -0.25) is 0 Å². The molecule has 0 aliphatic heterocycles. The average Bonchev–Trinajstić information content (AvgIpc) is 4.05. The zero-order valence-corrected chi connectivity index (χ0v) is 38.3. The van der Waals surface area contributed by atoms with Crippen LogP contribution in [-0.2, 0) is 5.41 Å². The van der Waals surface area contributed by atoms with Crippen molar-refractivity contribution in [2.45, 2.75) is 5.41 Å². The summed E-state index contributed by atoms with van der Waals surface area (Å²) in [5, 5.41) is 2.45. The predicted molar refractivity (Wildman–Crippen MR) is 292 cm³/mol. The fourth-order valence-electron chi connectivity index (χ4n) is 12.0. The Balaban J connectivity index is 1.07. The highest BCUT2D eigenvalue weighted by atomic mass is 15.2. The Morgan fingerprint density at radius 3 is 1.49 bits per heavy atom. The number of fused-ring (bicyclic) bond motifs is 13. The first-order valence-corrected chi connectivity index (χ1v) is 24.2. The summed E-state index contributed by atoms with van der Waals surface area (Å²) in [4.78, 5) is 4.96. The molecule has 328 valence electrons. The van der Waals surface area contributed by atoms with E-state index >= 15 is 0 Å². The molecule has 0 N–H and O–H groups in total. The molecule has 1 atom stereocenters. The third-order valence-electron chi connectivity index (χ3n) is 14.8. The van der Waals surface area contributed by atoms with Crippen LogP contribution in [0.3, 0.4) is 0 Å². The molecule has 2 aliphatic rings. The lowest BCUT2D eigenvalue weighted by atomic mass is 9.69. The normalized spacial score (nSPS) is 14.1. The lowest BCUT2D eigenvalue weighted by Gasteiger charge is -2.36. The lowest BCUT2D eigenvalue weighted by molar-refractivity contribution is 0.793. The van der Waals surface area contributed by atoms with E-state index in [-0.39, 0.29) is 0 Å². The third-order valence-corrected chi connectivity index (χ3v) is 14.8. The molecule has 70 heavy (non-hydrogen) atoms. The summed E-state index contributed by atoms with van der Waals surface area (Å²) in [6, 6.07) is 100. The molecule has 3 heteroatoms. The van der Waals surface area contributed by atoms with Gasteiger partial charge in [-0.15, -0.1) is 0 Å². The first kappa shape index (κ1) is 39.9. The van der Waals surface area contributed by atoms with Gasteiger partial charge in [-0.05, 0) is 123 Å². The largest absolute Gasteiger partial charge is 0.310 e. The van der Waals surface area contributed by atoms with Crippen LogP contribution in [0.5, 0.6) is 0 Å². The van der Waals surface area contributed by atoms with Crippen LogP contribution in [0, 0.1) is 0 Å². The highest BCUT2D eigenvalue weighted by Gasteiger charge is 2.53. The molecule has 0 radical (unpaired) electrons. The summed E-state index contributed by atoms with van der Waals surface area (Å²) in [7, 11) is 0. The van der Waals surface area contributed by atoms with Crippen LogP contribution < -0.4 is 9.80 Å². The summed E-state index contributed by atoms with van der Waals surface area (Å²) >= 11 is 0. The van der Waals surface area contributed by atoms with E-state index in [1.807, 2.05) is 0 Å². The topological polar surface area (TPSA) is 11.4 Å². The van der Waals surface area contributed by atoms with Gasteiger partial charge in [-0.25, -0.2) is 0 Å². The number of anilines is 6. The van der Waals surface area contributed by atoms with Crippen molar-refractivity contribution in [2.24, 2.45) is 0 Å². The van der Waals surface area contributed by atoms with Crippen LogP contribution in [-0.4, -0.2) is 4.57 Å². The summed E-state index contributed by atoms with van der Waals surface area (Å²) in [6.45, 7) is 0. The SMILES string of the molecule is c1ccc(-c2ccccc2N(c2ccc3c(c2)C2(c4ccccc4-3)c3ccccc3-c3cccc(N(c4ccccc4)c4ccccc4)c32)c2ccc3c4ccccc4n(-c4ccccc4)c3c2)cc1. The van der Waals surface area contributed by atoms with Gasteiger partial charge in [-0.1, -0.05) is 194 Å². The highest BCUT2D eigenvalue weighted by Crippen LogP contribution is 2.66. The molecule has 0 bridgehead atoms. The maximum absolute atomic E-state index is 2.52. The number of hydrogen-bond acceptors (Lipinski definition) is 2. The monoisotopic (exact) mass is 891 g/mol. The van der Waals surface area contributed by atoms with Crippen LogP contribution in [0.25, 0.3) is 60.9 Å². The Labute approximate surface area is 408 Å². The minimum Gasteiger partial charge on any atom is -0.310 e. The Morgan fingerprint density at radius 2 is 0.771 bits per heavy atom. The van der Waals surface area contributed by atoms with Crippen molar-refractivity contribution in [3.8, 4) is 39.1 Å². The van der Waals surface area contributed by atoms with E-state index in [0.29, 0.717) is 0 Å². The smallest absolute Gasteiger partial charge is 0.0746 e. The predicted octanol–water partition coefficient (Wildman–Crippen LogP) is 17.7. The third kappa shape index (κ3) is 5.88. The fourth-order valence-corrected chi connectivity index (χ4v) is 12.0. The maximum Gasteiger partial charge on any atom is 0.0746 e. The molecule has 0 saturated heterocycles. The van der Waals surface area contributed by atoms with Gasteiger partial charge in [0, 0.05) is 50.3 Å². The minimum atomic E-state index is -0.652. The van der Waals surface area contributed by atoms with Crippen molar-refractivity contribution in [3.63, 3.8) is 0 Å². The number of para-hydroxylation sites is 5. The molecular weight excluding hydrogens is 847 g/mol. The van der Waals surface area contributed by atoms with Crippen molar-refractivity contribution in [2.75, 3.05) is 9.80 Å². The van der Waals surface area contributed by atoms with Gasteiger partial charge in [-0.2, -0.15) is 0 Å². The molecule has 0 fully saturated rings. The summed E-state index contributed by atoms with van der Waals surface area (Å²) in [5.41, 5.74) is 22.0. The van der Waals surface area contributed by atoms with E-state index in [9.17, 15) is 0 Å². The van der Waals surface area contributed by atoms with Gasteiger partial charge in [0.25, 0.3) is 0 Å². The summed E-state index contributed by atoms with van der Waals surface area (Å²) in [6.07, 6.45) is 0. The van der Waals surface area contributed by atoms with Gasteiger partial charge < -0.3 is 14.4 Å². The quantitative estimate of drug-likeness (QED) is 0.151. The van der Waals surface area contributed by atoms with Crippen molar-refractivity contribution in [1.29, 1.82) is 0 Å². The van der Waals surface area contributed by atoms with E-state index in [1.165, 1.54) is 60.8 Å². The second-order valence-corrected chi connectivity index (χ2v) is 18.4. The molecule has 1 heterocycles. The van der Waals surface area contributed by atoms with Gasteiger partial charge in [0.15, 0.2) is 0 Å². The lowest BCUT2D eigenvalue weighted by Crippen LogP contribution is -2.28. The van der Waals surface area contributed by atoms with E-state index < -0.39 is 5.41 Å². The number of aromatic nitrogens is 1. The van der Waals surface area contributed by atoms with Crippen molar-refractivity contribution in [3.05, 3.63) is 295 Å². The zero-order valence-electron chi connectivity index (χ0n) is 38.3. The Morgan fingerprint density at radius 1 is 0.286 bits per heavy atom. The molecule has 14 rings (SSSR count). The Hall–Kier alpha value is -9.18. The van der Waals surface area contributed by atoms with Gasteiger partial charge in [0.1, 0.15) is 0 Å². The van der Waals surface area contributed by atoms with Gasteiger partial charge >= 0.3 is 0 Å². The van der Waals surface area contributed by atoms with Crippen molar-refractivity contribution >= 4 is 55.9 Å². The standard InChI is InChI=1S/C67H45N3/c1-5-22-46(23-6-1)52-30-15-19-37-62(52)69(51-41-43-57-56-33-16-20-38-63(56)70(65(57)45-51)49-28-11-4-12-29-49)50-40-42-55-53-31-13-17-35-59(53)67(61(55)44-50)60-36-18-14-32-54(60)58-34-21-39-64(66(58)67)68(47-24-7-2-8-25-47)48-26-9-3-10-27-48/h1-45H. The van der Waals surface area contributed by atoms with Crippen LogP contribution in [0.15, 0.2) is 273 Å². The molecule has 0 amide bonds. The molecule has 0 saturated carbocycles. The molecular formula is C67H45N3. The molecule has 12 aromatic rings. The first-order chi connectivity index (χ1) is 34.8. The fraction of sp³-hybridized carbons (Fsp3) is 0.0149.